The monoisotopic (exact) mass is 441 g/mol. The second kappa shape index (κ2) is 10.3. The second-order valence-electron chi connectivity index (χ2n) is 8.00. The number of rotatable bonds is 7. The standard InChI is InChI=1S/C24H31N3O5/c1-5-32-24(30)20-15(2)21(26-16(20)3)23(29)27-12-6-7-18(14-27)22(28)25-13-17-8-10-19(31-4)11-9-17/h8-11,18,26H,5-7,12-14H2,1-4H3,(H,25,28). The minimum Gasteiger partial charge on any atom is -0.497 e. The summed E-state index contributed by atoms with van der Waals surface area (Å²) >= 11 is 0. The summed E-state index contributed by atoms with van der Waals surface area (Å²) in [4.78, 5) is 42.9. The molecule has 0 saturated carbocycles. The van der Waals surface area contributed by atoms with E-state index in [-0.39, 0.29) is 24.3 Å². The summed E-state index contributed by atoms with van der Waals surface area (Å²) < 4.78 is 10.3. The van der Waals surface area contributed by atoms with Gasteiger partial charge in [-0.15, -0.1) is 0 Å². The van der Waals surface area contributed by atoms with Gasteiger partial charge in [-0.05, 0) is 56.9 Å². The number of hydrogen-bond donors (Lipinski definition) is 2. The average molecular weight is 442 g/mol. The van der Waals surface area contributed by atoms with Crippen LogP contribution in [0.15, 0.2) is 24.3 Å². The molecule has 0 spiro atoms. The molecular formula is C24H31N3O5. The van der Waals surface area contributed by atoms with Gasteiger partial charge in [0.1, 0.15) is 11.4 Å². The summed E-state index contributed by atoms with van der Waals surface area (Å²) in [5.74, 6) is -0.208. The normalized spacial score (nSPS) is 15.9. The van der Waals surface area contributed by atoms with Crippen LogP contribution in [0.3, 0.4) is 0 Å². The second-order valence-corrected chi connectivity index (χ2v) is 8.00. The number of piperidine rings is 1. The molecule has 2 amide bonds. The lowest BCUT2D eigenvalue weighted by atomic mass is 9.96. The Bertz CT molecular complexity index is 980. The van der Waals surface area contributed by atoms with E-state index in [0.29, 0.717) is 42.1 Å². The Kier molecular flexibility index (Phi) is 7.56. The minimum atomic E-state index is -0.438. The maximum absolute atomic E-state index is 13.2. The van der Waals surface area contributed by atoms with Crippen LogP contribution in [0.1, 0.15) is 57.4 Å². The fourth-order valence-corrected chi connectivity index (χ4v) is 4.08. The summed E-state index contributed by atoms with van der Waals surface area (Å²) in [7, 11) is 1.61. The van der Waals surface area contributed by atoms with Crippen LogP contribution in [0.4, 0.5) is 0 Å². The van der Waals surface area contributed by atoms with Crippen molar-refractivity contribution < 1.29 is 23.9 Å². The van der Waals surface area contributed by atoms with E-state index < -0.39 is 5.97 Å². The van der Waals surface area contributed by atoms with E-state index in [0.717, 1.165) is 24.2 Å². The quantitative estimate of drug-likeness (QED) is 0.644. The molecule has 8 nitrogen and oxygen atoms in total. The third kappa shape index (κ3) is 5.12. The van der Waals surface area contributed by atoms with Crippen molar-refractivity contribution in [1.29, 1.82) is 0 Å². The third-order valence-corrected chi connectivity index (χ3v) is 5.84. The van der Waals surface area contributed by atoms with Gasteiger partial charge in [-0.1, -0.05) is 12.1 Å². The van der Waals surface area contributed by atoms with Crippen molar-refractivity contribution in [2.75, 3.05) is 26.8 Å². The van der Waals surface area contributed by atoms with Gasteiger partial charge in [0, 0.05) is 25.3 Å². The van der Waals surface area contributed by atoms with Crippen molar-refractivity contribution >= 4 is 17.8 Å². The summed E-state index contributed by atoms with van der Waals surface area (Å²) in [6.07, 6.45) is 1.48. The highest BCUT2D eigenvalue weighted by atomic mass is 16.5. The van der Waals surface area contributed by atoms with E-state index in [2.05, 4.69) is 10.3 Å². The van der Waals surface area contributed by atoms with Crippen molar-refractivity contribution in [3.63, 3.8) is 0 Å². The summed E-state index contributed by atoms with van der Waals surface area (Å²) in [5.41, 5.74) is 2.95. The van der Waals surface area contributed by atoms with Gasteiger partial charge in [0.25, 0.3) is 5.91 Å². The number of likely N-dealkylation sites (tertiary alicyclic amines) is 1. The molecule has 3 rings (SSSR count). The first-order chi connectivity index (χ1) is 15.3. The van der Waals surface area contributed by atoms with Crippen molar-refractivity contribution in [1.82, 2.24) is 15.2 Å². The molecule has 2 aromatic rings. The molecule has 1 unspecified atom stereocenters. The topological polar surface area (TPSA) is 101 Å². The number of carbonyl (C=O) groups excluding carboxylic acids is 3. The first-order valence-corrected chi connectivity index (χ1v) is 10.9. The van der Waals surface area contributed by atoms with E-state index in [4.69, 9.17) is 9.47 Å². The van der Waals surface area contributed by atoms with Crippen LogP contribution in [-0.2, 0) is 16.1 Å². The number of aromatic amines is 1. The molecule has 1 aliphatic rings. The first-order valence-electron chi connectivity index (χ1n) is 10.9. The van der Waals surface area contributed by atoms with Crippen LogP contribution in [0, 0.1) is 19.8 Å². The van der Waals surface area contributed by atoms with Crippen molar-refractivity contribution in [2.24, 2.45) is 5.92 Å². The van der Waals surface area contributed by atoms with E-state index in [1.165, 1.54) is 0 Å². The molecule has 1 aromatic carbocycles. The van der Waals surface area contributed by atoms with Gasteiger partial charge in [-0.2, -0.15) is 0 Å². The molecule has 2 heterocycles. The smallest absolute Gasteiger partial charge is 0.340 e. The number of nitrogens with one attached hydrogen (secondary N) is 2. The van der Waals surface area contributed by atoms with Gasteiger partial charge in [0.05, 0.1) is 25.2 Å². The van der Waals surface area contributed by atoms with Crippen LogP contribution in [-0.4, -0.2) is 54.5 Å². The molecule has 1 atom stereocenters. The van der Waals surface area contributed by atoms with Crippen LogP contribution in [0.5, 0.6) is 5.75 Å². The van der Waals surface area contributed by atoms with Gasteiger partial charge < -0.3 is 24.7 Å². The molecule has 2 N–H and O–H groups in total. The zero-order chi connectivity index (χ0) is 23.3. The number of aryl methyl sites for hydroxylation is 1. The van der Waals surface area contributed by atoms with Gasteiger partial charge in [-0.3, -0.25) is 9.59 Å². The summed E-state index contributed by atoms with van der Waals surface area (Å²) in [6, 6.07) is 7.53. The molecule has 172 valence electrons. The number of aromatic nitrogens is 1. The highest BCUT2D eigenvalue weighted by Gasteiger charge is 2.31. The van der Waals surface area contributed by atoms with Gasteiger partial charge >= 0.3 is 5.97 Å². The van der Waals surface area contributed by atoms with E-state index in [1.807, 2.05) is 24.3 Å². The fraction of sp³-hybridized carbons (Fsp3) is 0.458. The Hall–Kier alpha value is -3.29. The molecule has 0 aliphatic carbocycles. The van der Waals surface area contributed by atoms with Crippen molar-refractivity contribution in [3.8, 4) is 5.75 Å². The Morgan fingerprint density at radius 3 is 2.56 bits per heavy atom. The molecular weight excluding hydrogens is 410 g/mol. The van der Waals surface area contributed by atoms with Crippen LogP contribution in [0.2, 0.25) is 0 Å². The maximum Gasteiger partial charge on any atom is 0.340 e. The Morgan fingerprint density at radius 2 is 1.91 bits per heavy atom. The summed E-state index contributed by atoms with van der Waals surface area (Å²) in [5, 5.41) is 2.97. The SMILES string of the molecule is CCOC(=O)c1c(C)[nH]c(C(=O)N2CCCC(C(=O)NCc3ccc(OC)cc3)C2)c1C. The Labute approximate surface area is 188 Å². The number of ether oxygens (including phenoxy) is 2. The average Bonchev–Trinajstić information content (AvgIpc) is 3.11. The Morgan fingerprint density at radius 1 is 1.19 bits per heavy atom. The third-order valence-electron chi connectivity index (χ3n) is 5.84. The number of nitrogens with zero attached hydrogens (tertiary/aromatic N) is 1. The molecule has 0 bridgehead atoms. The predicted molar refractivity (Wildman–Crippen MR) is 120 cm³/mol. The molecule has 8 heteroatoms. The molecule has 32 heavy (non-hydrogen) atoms. The van der Waals surface area contributed by atoms with Crippen LogP contribution < -0.4 is 10.1 Å². The zero-order valence-electron chi connectivity index (χ0n) is 19.1. The maximum atomic E-state index is 13.2. The largest absolute Gasteiger partial charge is 0.497 e. The van der Waals surface area contributed by atoms with Gasteiger partial charge in [-0.25, -0.2) is 4.79 Å². The first kappa shape index (κ1) is 23.4. The van der Waals surface area contributed by atoms with E-state index >= 15 is 0 Å². The van der Waals surface area contributed by atoms with Crippen LogP contribution in [0.25, 0.3) is 0 Å². The highest BCUT2D eigenvalue weighted by Crippen LogP contribution is 2.24. The molecule has 1 aliphatic heterocycles. The number of hydrogen-bond acceptors (Lipinski definition) is 5. The number of amides is 2. The van der Waals surface area contributed by atoms with E-state index in [9.17, 15) is 14.4 Å². The number of methoxy groups -OCH3 is 1. The zero-order valence-corrected chi connectivity index (χ0v) is 19.1. The molecule has 1 aromatic heterocycles. The molecule has 1 saturated heterocycles. The number of esters is 1. The minimum absolute atomic E-state index is 0.0649. The lowest BCUT2D eigenvalue weighted by molar-refractivity contribution is -0.126. The van der Waals surface area contributed by atoms with Gasteiger partial charge in [0.2, 0.25) is 5.91 Å². The molecule has 0 radical (unpaired) electrons. The van der Waals surface area contributed by atoms with Gasteiger partial charge in [0.15, 0.2) is 0 Å². The van der Waals surface area contributed by atoms with Crippen molar-refractivity contribution in [2.45, 2.75) is 40.2 Å². The van der Waals surface area contributed by atoms with Crippen LogP contribution >= 0.6 is 0 Å². The number of H-pyrrole nitrogens is 1. The lowest BCUT2D eigenvalue weighted by Crippen LogP contribution is -2.45. The van der Waals surface area contributed by atoms with Crippen molar-refractivity contribution in [3.05, 3.63) is 52.3 Å². The summed E-state index contributed by atoms with van der Waals surface area (Å²) in [6.45, 7) is 6.85. The Balaban J connectivity index is 1.63. The predicted octanol–water partition coefficient (Wildman–Crippen LogP) is 2.99. The number of carbonyl (C=O) groups is 3. The highest BCUT2D eigenvalue weighted by molar-refractivity contribution is 6.00. The number of benzene rings is 1. The van der Waals surface area contributed by atoms with E-state index in [1.54, 1.807) is 32.8 Å². The lowest BCUT2D eigenvalue weighted by Gasteiger charge is -2.32. The fourth-order valence-electron chi connectivity index (χ4n) is 4.08. The molecule has 1 fully saturated rings.